The number of aliphatic hydroxyl groups excluding tert-OH is 1. The number of likely N-dealkylation sites (N-methyl/N-ethyl adjacent to an activating group) is 1. The summed E-state index contributed by atoms with van der Waals surface area (Å²) in [5.41, 5.74) is -1.00. The molecule has 0 unspecified atom stereocenters. The highest BCUT2D eigenvalue weighted by molar-refractivity contribution is 7.87. The Hall–Kier alpha value is -0.860. The van der Waals surface area contributed by atoms with E-state index < -0.39 is 21.8 Å². The van der Waals surface area contributed by atoms with Crippen molar-refractivity contribution in [3.8, 4) is 0 Å². The van der Waals surface area contributed by atoms with E-state index >= 15 is 0 Å². The van der Waals surface area contributed by atoms with E-state index in [9.17, 15) is 13.2 Å². The smallest absolute Gasteiger partial charge is 0.421 e. The molecule has 0 atom stereocenters. The van der Waals surface area contributed by atoms with Crippen molar-refractivity contribution in [2.75, 3.05) is 20.8 Å². The van der Waals surface area contributed by atoms with Gasteiger partial charge in [-0.25, -0.2) is 9.52 Å². The number of nitrogens with one attached hydrogen (secondary N) is 1. The summed E-state index contributed by atoms with van der Waals surface area (Å²) in [4.78, 5) is 10.7. The Labute approximate surface area is 89.2 Å². The largest absolute Gasteiger partial charge is 0.452 e. The van der Waals surface area contributed by atoms with Crippen LogP contribution in [-0.4, -0.2) is 50.2 Å². The van der Waals surface area contributed by atoms with Crippen molar-refractivity contribution in [3.63, 3.8) is 0 Å². The van der Waals surface area contributed by atoms with E-state index in [1.54, 1.807) is 4.72 Å². The second-order valence-corrected chi connectivity index (χ2v) is 5.24. The topological polar surface area (TPSA) is 95.9 Å². The van der Waals surface area contributed by atoms with Crippen molar-refractivity contribution in [3.05, 3.63) is 0 Å². The van der Waals surface area contributed by atoms with Crippen LogP contribution in [0.2, 0.25) is 0 Å². The number of carbonyl (C=O) groups excluding carboxylic acids is 1. The third-order valence-electron chi connectivity index (χ3n) is 2.00. The van der Waals surface area contributed by atoms with E-state index in [-0.39, 0.29) is 6.61 Å². The Morgan fingerprint density at radius 1 is 1.53 bits per heavy atom. The van der Waals surface area contributed by atoms with Crippen molar-refractivity contribution in [2.24, 2.45) is 0 Å². The maximum Gasteiger partial charge on any atom is 0.421 e. The van der Waals surface area contributed by atoms with E-state index in [0.717, 1.165) is 11.4 Å². The van der Waals surface area contributed by atoms with Crippen molar-refractivity contribution in [1.29, 1.82) is 0 Å². The fourth-order valence-corrected chi connectivity index (χ4v) is 1.78. The van der Waals surface area contributed by atoms with E-state index in [0.29, 0.717) is 0 Å². The first-order chi connectivity index (χ1) is 6.67. The van der Waals surface area contributed by atoms with Crippen molar-refractivity contribution in [2.45, 2.75) is 19.4 Å². The van der Waals surface area contributed by atoms with E-state index in [4.69, 9.17) is 5.11 Å². The first-order valence-electron chi connectivity index (χ1n) is 4.13. The predicted octanol–water partition coefficient (Wildman–Crippen LogP) is -0.710. The van der Waals surface area contributed by atoms with E-state index in [1.165, 1.54) is 20.9 Å². The molecular formula is C7H16N2O5S. The molecule has 0 fully saturated rings. The molecule has 0 radical (unpaired) electrons. The van der Waals surface area contributed by atoms with Gasteiger partial charge >= 0.3 is 16.3 Å². The SMILES string of the molecule is COC(=O)NS(=O)(=O)N(C)C(C)(C)CO. The van der Waals surface area contributed by atoms with Gasteiger partial charge in [-0.15, -0.1) is 0 Å². The van der Waals surface area contributed by atoms with Gasteiger partial charge in [-0.05, 0) is 13.8 Å². The maximum absolute atomic E-state index is 11.5. The van der Waals surface area contributed by atoms with Gasteiger partial charge in [-0.1, -0.05) is 0 Å². The van der Waals surface area contributed by atoms with Crippen molar-refractivity contribution < 1.29 is 23.1 Å². The lowest BCUT2D eigenvalue weighted by atomic mass is 10.1. The van der Waals surface area contributed by atoms with Crippen LogP contribution in [0.15, 0.2) is 0 Å². The highest BCUT2D eigenvalue weighted by Gasteiger charge is 2.33. The Kier molecular flexibility index (Phi) is 4.50. The van der Waals surface area contributed by atoms with Gasteiger partial charge in [0.2, 0.25) is 0 Å². The number of amides is 1. The molecule has 2 N–H and O–H groups in total. The lowest BCUT2D eigenvalue weighted by Gasteiger charge is -2.32. The Morgan fingerprint density at radius 2 is 2.00 bits per heavy atom. The minimum absolute atomic E-state index is 0.369. The number of hydrogen-bond donors (Lipinski definition) is 2. The summed E-state index contributed by atoms with van der Waals surface area (Å²) in [5.74, 6) is 0. The zero-order chi connectivity index (χ0) is 12.3. The molecule has 8 heteroatoms. The number of nitrogens with zero attached hydrogens (tertiary/aromatic N) is 1. The molecule has 0 aliphatic carbocycles. The van der Waals surface area contributed by atoms with Crippen LogP contribution in [0.25, 0.3) is 0 Å². The third kappa shape index (κ3) is 3.65. The summed E-state index contributed by atoms with van der Waals surface area (Å²) < 4.78 is 29.7. The number of hydrogen-bond acceptors (Lipinski definition) is 5. The Morgan fingerprint density at radius 3 is 2.33 bits per heavy atom. The lowest BCUT2D eigenvalue weighted by Crippen LogP contribution is -2.53. The fraction of sp³-hybridized carbons (Fsp3) is 0.857. The fourth-order valence-electron chi connectivity index (χ4n) is 0.640. The predicted molar refractivity (Wildman–Crippen MR) is 53.4 cm³/mol. The zero-order valence-electron chi connectivity index (χ0n) is 9.14. The lowest BCUT2D eigenvalue weighted by molar-refractivity contribution is 0.135. The van der Waals surface area contributed by atoms with Crippen LogP contribution in [0.4, 0.5) is 4.79 Å². The highest BCUT2D eigenvalue weighted by atomic mass is 32.2. The molecule has 0 aliphatic rings. The van der Waals surface area contributed by atoms with Gasteiger partial charge in [0.15, 0.2) is 0 Å². The van der Waals surface area contributed by atoms with Crippen LogP contribution in [0.5, 0.6) is 0 Å². The average Bonchev–Trinajstić information content (AvgIpc) is 2.15. The van der Waals surface area contributed by atoms with Gasteiger partial charge in [0.25, 0.3) is 0 Å². The van der Waals surface area contributed by atoms with E-state index in [1.807, 2.05) is 0 Å². The second kappa shape index (κ2) is 4.77. The summed E-state index contributed by atoms with van der Waals surface area (Å²) in [7, 11) is -1.68. The molecule has 0 aromatic heterocycles. The second-order valence-electron chi connectivity index (χ2n) is 3.54. The minimum Gasteiger partial charge on any atom is -0.452 e. The molecule has 0 aliphatic heterocycles. The quantitative estimate of drug-likeness (QED) is 0.676. The Balaban J connectivity index is 4.82. The van der Waals surface area contributed by atoms with Crippen LogP contribution >= 0.6 is 0 Å². The first-order valence-corrected chi connectivity index (χ1v) is 5.57. The Bertz CT molecular complexity index is 324. The highest BCUT2D eigenvalue weighted by Crippen LogP contribution is 2.14. The first kappa shape index (κ1) is 14.1. The number of carbonyl (C=O) groups is 1. The molecular weight excluding hydrogens is 224 g/mol. The number of ether oxygens (including phenoxy) is 1. The van der Waals surface area contributed by atoms with Crippen LogP contribution in [-0.2, 0) is 14.9 Å². The molecule has 15 heavy (non-hydrogen) atoms. The molecule has 7 nitrogen and oxygen atoms in total. The van der Waals surface area contributed by atoms with Gasteiger partial charge < -0.3 is 9.84 Å². The minimum atomic E-state index is -3.99. The summed E-state index contributed by atoms with van der Waals surface area (Å²) in [5, 5.41) is 8.97. The molecule has 0 bridgehead atoms. The molecule has 0 heterocycles. The molecule has 0 rings (SSSR count). The average molecular weight is 240 g/mol. The zero-order valence-corrected chi connectivity index (χ0v) is 9.96. The molecule has 0 spiro atoms. The molecule has 0 saturated heterocycles. The van der Waals surface area contributed by atoms with Crippen LogP contribution in [0, 0.1) is 0 Å². The molecule has 90 valence electrons. The summed E-state index contributed by atoms with van der Waals surface area (Å²) in [6.45, 7) is 2.67. The molecule has 0 saturated carbocycles. The number of rotatable bonds is 4. The van der Waals surface area contributed by atoms with E-state index in [2.05, 4.69) is 4.74 Å². The van der Waals surface area contributed by atoms with Crippen LogP contribution < -0.4 is 4.72 Å². The monoisotopic (exact) mass is 240 g/mol. The summed E-state index contributed by atoms with van der Waals surface area (Å²) in [6.07, 6.45) is -1.07. The molecule has 0 aromatic carbocycles. The summed E-state index contributed by atoms with van der Waals surface area (Å²) in [6, 6.07) is 0. The standard InChI is InChI=1S/C7H16N2O5S/c1-7(2,5-10)9(3)15(12,13)8-6(11)14-4/h10H,5H2,1-4H3,(H,8,11). The number of aliphatic hydroxyl groups is 1. The molecule has 0 aromatic rings. The molecule has 1 amide bonds. The van der Waals surface area contributed by atoms with Crippen molar-refractivity contribution in [1.82, 2.24) is 9.03 Å². The van der Waals surface area contributed by atoms with Gasteiger partial charge in [0, 0.05) is 7.05 Å². The number of methoxy groups -OCH3 is 1. The van der Waals surface area contributed by atoms with Gasteiger partial charge in [0.05, 0.1) is 19.3 Å². The van der Waals surface area contributed by atoms with Crippen molar-refractivity contribution >= 4 is 16.3 Å². The van der Waals surface area contributed by atoms with Gasteiger partial charge in [-0.3, -0.25) is 0 Å². The van der Waals surface area contributed by atoms with Crippen LogP contribution in [0.3, 0.4) is 0 Å². The van der Waals surface area contributed by atoms with Crippen LogP contribution in [0.1, 0.15) is 13.8 Å². The third-order valence-corrected chi connectivity index (χ3v) is 3.64. The maximum atomic E-state index is 11.5. The summed E-state index contributed by atoms with van der Waals surface area (Å²) >= 11 is 0. The normalized spacial score (nSPS) is 12.7. The van der Waals surface area contributed by atoms with Gasteiger partial charge in [0.1, 0.15) is 0 Å². The van der Waals surface area contributed by atoms with Gasteiger partial charge in [-0.2, -0.15) is 12.7 Å².